The third kappa shape index (κ3) is 2.95. The van der Waals surface area contributed by atoms with E-state index in [0.29, 0.717) is 6.54 Å². The summed E-state index contributed by atoms with van der Waals surface area (Å²) in [6, 6.07) is 8.00. The normalized spacial score (nSPS) is 21.2. The van der Waals surface area contributed by atoms with Crippen LogP contribution >= 0.6 is 0 Å². The molecule has 1 fully saturated rings. The van der Waals surface area contributed by atoms with Crippen LogP contribution in [0.3, 0.4) is 0 Å². The Kier molecular flexibility index (Phi) is 4.34. The van der Waals surface area contributed by atoms with Gasteiger partial charge in [-0.2, -0.15) is 0 Å². The number of carbonyl (C=O) groups excluding carboxylic acids is 1. The minimum Gasteiger partial charge on any atom is -0.497 e. The number of nitrogens with one attached hydrogen (secondary N) is 1. The summed E-state index contributed by atoms with van der Waals surface area (Å²) < 4.78 is 12.6. The van der Waals surface area contributed by atoms with Crippen LogP contribution in [0.1, 0.15) is 19.3 Å². The standard InChI is InChI=1S/C17H22N2O3/c1-21-13-6-7-15-12(10-13)8-9-19(15)11-17(20)18-14-4-3-5-16(14)22-2/h6-10,14,16H,3-5,11H2,1-2H3,(H,18,20)/t14-,16-/m0/s1. The van der Waals surface area contributed by atoms with Crippen molar-refractivity contribution in [3.63, 3.8) is 0 Å². The van der Waals surface area contributed by atoms with E-state index >= 15 is 0 Å². The van der Waals surface area contributed by atoms with Crippen molar-refractivity contribution in [2.45, 2.75) is 38.0 Å². The average molecular weight is 302 g/mol. The summed E-state index contributed by atoms with van der Waals surface area (Å²) in [6.07, 6.45) is 5.21. The lowest BCUT2D eigenvalue weighted by Crippen LogP contribution is -2.42. The molecule has 0 radical (unpaired) electrons. The maximum absolute atomic E-state index is 12.3. The van der Waals surface area contributed by atoms with Crippen LogP contribution in [-0.4, -0.2) is 36.8 Å². The Labute approximate surface area is 130 Å². The minimum absolute atomic E-state index is 0.0299. The van der Waals surface area contributed by atoms with E-state index in [4.69, 9.17) is 9.47 Å². The molecule has 1 N–H and O–H groups in total. The largest absolute Gasteiger partial charge is 0.497 e. The predicted molar refractivity (Wildman–Crippen MR) is 85.1 cm³/mol. The predicted octanol–water partition coefficient (Wildman–Crippen LogP) is 2.33. The number of methoxy groups -OCH3 is 2. The van der Waals surface area contributed by atoms with Crippen molar-refractivity contribution >= 4 is 16.8 Å². The maximum atomic E-state index is 12.3. The zero-order valence-corrected chi connectivity index (χ0v) is 13.0. The van der Waals surface area contributed by atoms with Crippen molar-refractivity contribution in [3.05, 3.63) is 30.5 Å². The molecule has 1 amide bonds. The smallest absolute Gasteiger partial charge is 0.240 e. The first kappa shape index (κ1) is 14.9. The molecule has 0 bridgehead atoms. The average Bonchev–Trinajstić information content (AvgIpc) is 3.13. The summed E-state index contributed by atoms with van der Waals surface area (Å²) >= 11 is 0. The van der Waals surface area contributed by atoms with Crippen LogP contribution in [-0.2, 0) is 16.1 Å². The highest BCUT2D eigenvalue weighted by Gasteiger charge is 2.28. The molecule has 22 heavy (non-hydrogen) atoms. The summed E-state index contributed by atoms with van der Waals surface area (Å²) in [5.41, 5.74) is 1.03. The molecule has 0 saturated heterocycles. The van der Waals surface area contributed by atoms with Crippen molar-refractivity contribution < 1.29 is 14.3 Å². The number of hydrogen-bond donors (Lipinski definition) is 1. The fourth-order valence-electron chi connectivity index (χ4n) is 3.22. The second kappa shape index (κ2) is 6.40. The van der Waals surface area contributed by atoms with Gasteiger partial charge < -0.3 is 19.4 Å². The van der Waals surface area contributed by atoms with Gasteiger partial charge in [0.2, 0.25) is 5.91 Å². The minimum atomic E-state index is 0.0299. The van der Waals surface area contributed by atoms with Crippen molar-refractivity contribution in [1.29, 1.82) is 0 Å². The number of nitrogens with zero attached hydrogens (tertiary/aromatic N) is 1. The molecular weight excluding hydrogens is 280 g/mol. The summed E-state index contributed by atoms with van der Waals surface area (Å²) in [5, 5.41) is 4.17. The molecule has 1 saturated carbocycles. The van der Waals surface area contributed by atoms with Gasteiger partial charge in [-0.3, -0.25) is 4.79 Å². The van der Waals surface area contributed by atoms with Gasteiger partial charge in [0, 0.05) is 24.2 Å². The van der Waals surface area contributed by atoms with Gasteiger partial charge in [0.05, 0.1) is 19.3 Å². The van der Waals surface area contributed by atoms with Gasteiger partial charge in [0.15, 0.2) is 0 Å². The van der Waals surface area contributed by atoms with E-state index in [2.05, 4.69) is 5.32 Å². The monoisotopic (exact) mass is 302 g/mol. The molecule has 2 atom stereocenters. The first-order valence-corrected chi connectivity index (χ1v) is 7.66. The van der Waals surface area contributed by atoms with Crippen LogP contribution in [0.25, 0.3) is 10.9 Å². The molecule has 0 spiro atoms. The third-order valence-corrected chi connectivity index (χ3v) is 4.39. The number of benzene rings is 1. The van der Waals surface area contributed by atoms with Gasteiger partial charge in [-0.05, 0) is 43.5 Å². The first-order chi connectivity index (χ1) is 10.7. The Hall–Kier alpha value is -2.01. The lowest BCUT2D eigenvalue weighted by Gasteiger charge is -2.19. The van der Waals surface area contributed by atoms with Crippen LogP contribution in [0.4, 0.5) is 0 Å². The van der Waals surface area contributed by atoms with Gasteiger partial charge in [0.1, 0.15) is 12.3 Å². The molecule has 3 rings (SSSR count). The molecule has 0 aliphatic heterocycles. The van der Waals surface area contributed by atoms with E-state index in [1.807, 2.05) is 35.0 Å². The second-order valence-electron chi connectivity index (χ2n) is 5.75. The zero-order valence-electron chi connectivity index (χ0n) is 13.0. The highest BCUT2D eigenvalue weighted by molar-refractivity contribution is 5.84. The highest BCUT2D eigenvalue weighted by atomic mass is 16.5. The molecule has 5 nitrogen and oxygen atoms in total. The molecule has 1 aromatic carbocycles. The SMILES string of the molecule is COc1ccc2c(ccn2CC(=O)N[C@H]2CCC[C@@H]2OC)c1. The Morgan fingerprint density at radius 3 is 2.95 bits per heavy atom. The van der Waals surface area contributed by atoms with Gasteiger partial charge in [0.25, 0.3) is 0 Å². The fraction of sp³-hybridized carbons (Fsp3) is 0.471. The molecule has 2 aromatic rings. The fourth-order valence-corrected chi connectivity index (χ4v) is 3.22. The number of ether oxygens (including phenoxy) is 2. The third-order valence-electron chi connectivity index (χ3n) is 4.39. The van der Waals surface area contributed by atoms with Crippen LogP contribution < -0.4 is 10.1 Å². The molecule has 118 valence electrons. The van der Waals surface area contributed by atoms with Gasteiger partial charge in [-0.25, -0.2) is 0 Å². The van der Waals surface area contributed by atoms with E-state index in [0.717, 1.165) is 35.9 Å². The number of hydrogen-bond acceptors (Lipinski definition) is 3. The van der Waals surface area contributed by atoms with Crippen LogP contribution in [0, 0.1) is 0 Å². The van der Waals surface area contributed by atoms with E-state index in [9.17, 15) is 4.79 Å². The van der Waals surface area contributed by atoms with E-state index in [1.165, 1.54) is 0 Å². The lowest BCUT2D eigenvalue weighted by molar-refractivity contribution is -0.123. The van der Waals surface area contributed by atoms with Crippen molar-refractivity contribution in [3.8, 4) is 5.75 Å². The van der Waals surface area contributed by atoms with Crippen LogP contribution in [0.5, 0.6) is 5.75 Å². The van der Waals surface area contributed by atoms with Gasteiger partial charge in [-0.1, -0.05) is 0 Å². The Balaban J connectivity index is 1.69. The molecule has 1 aliphatic rings. The van der Waals surface area contributed by atoms with E-state index in [-0.39, 0.29) is 18.1 Å². The van der Waals surface area contributed by atoms with Gasteiger partial charge >= 0.3 is 0 Å². The van der Waals surface area contributed by atoms with Gasteiger partial charge in [-0.15, -0.1) is 0 Å². The summed E-state index contributed by atoms with van der Waals surface area (Å²) in [4.78, 5) is 12.3. The quantitative estimate of drug-likeness (QED) is 0.922. The van der Waals surface area contributed by atoms with Crippen molar-refractivity contribution in [2.75, 3.05) is 14.2 Å². The number of fused-ring (bicyclic) bond motifs is 1. The molecule has 1 aromatic heterocycles. The maximum Gasteiger partial charge on any atom is 0.240 e. The molecule has 5 heteroatoms. The summed E-state index contributed by atoms with van der Waals surface area (Å²) in [5.74, 6) is 0.853. The molecular formula is C17H22N2O3. The Morgan fingerprint density at radius 1 is 1.32 bits per heavy atom. The molecule has 0 unspecified atom stereocenters. The van der Waals surface area contributed by atoms with Crippen molar-refractivity contribution in [1.82, 2.24) is 9.88 Å². The summed E-state index contributed by atoms with van der Waals surface area (Å²) in [7, 11) is 3.36. The molecule has 1 heterocycles. The highest BCUT2D eigenvalue weighted by Crippen LogP contribution is 2.23. The van der Waals surface area contributed by atoms with Crippen molar-refractivity contribution in [2.24, 2.45) is 0 Å². The topological polar surface area (TPSA) is 52.5 Å². The number of amides is 1. The van der Waals surface area contributed by atoms with E-state index < -0.39 is 0 Å². The Bertz CT molecular complexity index is 665. The molecule has 1 aliphatic carbocycles. The zero-order chi connectivity index (χ0) is 15.5. The van der Waals surface area contributed by atoms with Crippen LogP contribution in [0.2, 0.25) is 0 Å². The lowest BCUT2D eigenvalue weighted by atomic mass is 10.2. The van der Waals surface area contributed by atoms with Crippen LogP contribution in [0.15, 0.2) is 30.5 Å². The number of aromatic nitrogens is 1. The number of carbonyl (C=O) groups is 1. The number of rotatable bonds is 5. The first-order valence-electron chi connectivity index (χ1n) is 7.66. The second-order valence-corrected chi connectivity index (χ2v) is 5.75. The Morgan fingerprint density at radius 2 is 2.18 bits per heavy atom. The summed E-state index contributed by atoms with van der Waals surface area (Å²) in [6.45, 7) is 0.322. The van der Waals surface area contributed by atoms with E-state index in [1.54, 1.807) is 14.2 Å².